The molecule has 5 nitrogen and oxygen atoms in total. The number of likely N-dealkylation sites (N-methyl/N-ethyl adjacent to an activating group) is 2. The molecule has 1 saturated carbocycles. The molecule has 1 aliphatic carbocycles. The molecule has 1 aliphatic heterocycles. The number of aromatic nitrogens is 3. The summed E-state index contributed by atoms with van der Waals surface area (Å²) in [5.74, 6) is 1.01. The van der Waals surface area contributed by atoms with Crippen LogP contribution in [0.5, 0.6) is 0 Å². The summed E-state index contributed by atoms with van der Waals surface area (Å²) in [6.45, 7) is 5.68. The molecule has 1 saturated heterocycles. The predicted molar refractivity (Wildman–Crippen MR) is 79.2 cm³/mol. The highest BCUT2D eigenvalue weighted by molar-refractivity contribution is 7.71. The van der Waals surface area contributed by atoms with Crippen molar-refractivity contribution in [1.82, 2.24) is 19.7 Å². The monoisotopic (exact) mass is 281 g/mol. The third kappa shape index (κ3) is 2.56. The second-order valence-electron chi connectivity index (χ2n) is 5.74. The van der Waals surface area contributed by atoms with E-state index < -0.39 is 0 Å². The molecular formula is C13H23N5S. The lowest BCUT2D eigenvalue weighted by molar-refractivity contribution is 0.270. The Hall–Kier alpha value is -0.880. The van der Waals surface area contributed by atoms with Crippen LogP contribution in [0, 0.1) is 4.77 Å². The maximum Gasteiger partial charge on any atom is 0.225 e. The van der Waals surface area contributed by atoms with Crippen molar-refractivity contribution in [2.45, 2.75) is 44.7 Å². The van der Waals surface area contributed by atoms with Crippen LogP contribution in [0.4, 0.5) is 5.95 Å². The van der Waals surface area contributed by atoms with Crippen LogP contribution in [0.25, 0.3) is 0 Å². The first-order valence-electron chi connectivity index (χ1n) is 7.32. The van der Waals surface area contributed by atoms with Crippen LogP contribution in [0.15, 0.2) is 0 Å². The highest BCUT2D eigenvalue weighted by Crippen LogP contribution is 2.37. The highest BCUT2D eigenvalue weighted by Gasteiger charge is 2.30. The number of likely N-dealkylation sites (tertiary alicyclic amines) is 1. The van der Waals surface area contributed by atoms with Gasteiger partial charge in [-0.05, 0) is 51.0 Å². The summed E-state index contributed by atoms with van der Waals surface area (Å²) in [5, 5.41) is 7.37. The van der Waals surface area contributed by atoms with Gasteiger partial charge in [0.1, 0.15) is 0 Å². The number of hydrogen-bond donors (Lipinski definition) is 1. The molecule has 1 aromatic rings. The Kier molecular flexibility index (Phi) is 3.62. The molecule has 19 heavy (non-hydrogen) atoms. The minimum atomic E-state index is 0.578. The standard InChI is InChI=1S/C13H23N5S/c1-3-17-8-4-5-11(17)9-16(2)12-14-15-13(19)18(12)10-6-7-10/h10-11H,3-9H2,1-2H3,(H,15,19). The van der Waals surface area contributed by atoms with Gasteiger partial charge in [0, 0.05) is 25.7 Å². The lowest BCUT2D eigenvalue weighted by Crippen LogP contribution is -2.39. The van der Waals surface area contributed by atoms with E-state index in [2.05, 4.69) is 38.5 Å². The van der Waals surface area contributed by atoms with Gasteiger partial charge < -0.3 is 4.90 Å². The highest BCUT2D eigenvalue weighted by atomic mass is 32.1. The van der Waals surface area contributed by atoms with Crippen LogP contribution in [0.3, 0.4) is 0 Å². The van der Waals surface area contributed by atoms with E-state index in [1.165, 1.54) is 32.2 Å². The summed E-state index contributed by atoms with van der Waals surface area (Å²) in [6, 6.07) is 1.24. The van der Waals surface area contributed by atoms with Crippen molar-refractivity contribution in [3.63, 3.8) is 0 Å². The Bertz CT molecular complexity index is 489. The van der Waals surface area contributed by atoms with E-state index in [-0.39, 0.29) is 0 Å². The van der Waals surface area contributed by atoms with Crippen molar-refractivity contribution < 1.29 is 0 Å². The third-order valence-corrected chi connectivity index (χ3v) is 4.62. The van der Waals surface area contributed by atoms with Gasteiger partial charge in [0.15, 0.2) is 4.77 Å². The maximum absolute atomic E-state index is 5.34. The van der Waals surface area contributed by atoms with Gasteiger partial charge in [0.2, 0.25) is 5.95 Å². The minimum absolute atomic E-state index is 0.578. The van der Waals surface area contributed by atoms with Gasteiger partial charge in [-0.1, -0.05) is 6.92 Å². The molecule has 1 aromatic heterocycles. The molecule has 1 N–H and O–H groups in total. The molecular weight excluding hydrogens is 258 g/mol. The number of nitrogens with one attached hydrogen (secondary N) is 1. The normalized spacial score (nSPS) is 24.0. The smallest absolute Gasteiger partial charge is 0.225 e. The third-order valence-electron chi connectivity index (χ3n) is 4.33. The van der Waals surface area contributed by atoms with Crippen molar-refractivity contribution >= 4 is 18.2 Å². The molecule has 0 spiro atoms. The molecule has 0 bridgehead atoms. The SMILES string of the molecule is CCN1CCCC1CN(C)c1n[nH]c(=S)n1C1CC1. The summed E-state index contributed by atoms with van der Waals surface area (Å²) >= 11 is 5.34. The number of aromatic amines is 1. The average molecular weight is 281 g/mol. The van der Waals surface area contributed by atoms with Gasteiger partial charge in [0.25, 0.3) is 0 Å². The first-order valence-corrected chi connectivity index (χ1v) is 7.73. The van der Waals surface area contributed by atoms with Gasteiger partial charge in [-0.15, -0.1) is 5.10 Å². The number of anilines is 1. The van der Waals surface area contributed by atoms with Crippen molar-refractivity contribution in [2.75, 3.05) is 31.6 Å². The quantitative estimate of drug-likeness (QED) is 0.840. The zero-order valence-corrected chi connectivity index (χ0v) is 12.6. The molecule has 3 rings (SSSR count). The van der Waals surface area contributed by atoms with E-state index in [0.717, 1.165) is 23.8 Å². The Morgan fingerprint density at radius 1 is 1.42 bits per heavy atom. The van der Waals surface area contributed by atoms with Crippen molar-refractivity contribution in [2.24, 2.45) is 0 Å². The van der Waals surface area contributed by atoms with E-state index in [9.17, 15) is 0 Å². The summed E-state index contributed by atoms with van der Waals surface area (Å²) < 4.78 is 2.96. The summed E-state index contributed by atoms with van der Waals surface area (Å²) in [5.41, 5.74) is 0. The molecule has 2 heterocycles. The van der Waals surface area contributed by atoms with Gasteiger partial charge in [-0.25, -0.2) is 5.10 Å². The molecule has 0 aromatic carbocycles. The largest absolute Gasteiger partial charge is 0.342 e. The number of rotatable bonds is 5. The van der Waals surface area contributed by atoms with Crippen LogP contribution in [0.1, 0.15) is 38.6 Å². The number of H-pyrrole nitrogens is 1. The average Bonchev–Trinajstić information content (AvgIpc) is 3.01. The molecule has 6 heteroatoms. The Balaban J connectivity index is 1.73. The lowest BCUT2D eigenvalue weighted by Gasteiger charge is -2.28. The van der Waals surface area contributed by atoms with Crippen LogP contribution in [-0.2, 0) is 0 Å². The van der Waals surface area contributed by atoms with E-state index >= 15 is 0 Å². The molecule has 0 amide bonds. The van der Waals surface area contributed by atoms with Crippen LogP contribution >= 0.6 is 12.2 Å². The fourth-order valence-electron chi connectivity index (χ4n) is 3.14. The zero-order chi connectivity index (χ0) is 13.4. The van der Waals surface area contributed by atoms with Crippen molar-refractivity contribution in [3.05, 3.63) is 4.77 Å². The molecule has 1 atom stereocenters. The Morgan fingerprint density at radius 3 is 2.89 bits per heavy atom. The first kappa shape index (κ1) is 13.1. The summed E-state index contributed by atoms with van der Waals surface area (Å²) in [6.07, 6.45) is 5.09. The maximum atomic E-state index is 5.34. The second kappa shape index (κ2) is 5.25. The molecule has 2 fully saturated rings. The summed E-state index contributed by atoms with van der Waals surface area (Å²) in [4.78, 5) is 4.84. The Morgan fingerprint density at radius 2 is 2.21 bits per heavy atom. The van der Waals surface area contributed by atoms with Crippen LogP contribution in [0.2, 0.25) is 0 Å². The van der Waals surface area contributed by atoms with E-state index in [1.807, 2.05) is 0 Å². The molecule has 0 radical (unpaired) electrons. The topological polar surface area (TPSA) is 40.1 Å². The van der Waals surface area contributed by atoms with Gasteiger partial charge in [-0.2, -0.15) is 0 Å². The van der Waals surface area contributed by atoms with E-state index in [1.54, 1.807) is 0 Å². The van der Waals surface area contributed by atoms with Gasteiger partial charge in [0.05, 0.1) is 0 Å². The minimum Gasteiger partial charge on any atom is -0.342 e. The Labute approximate surface area is 119 Å². The molecule has 1 unspecified atom stereocenters. The van der Waals surface area contributed by atoms with Crippen LogP contribution in [-0.4, -0.2) is 52.4 Å². The fourth-order valence-corrected chi connectivity index (χ4v) is 3.42. The van der Waals surface area contributed by atoms with Crippen molar-refractivity contribution in [3.8, 4) is 0 Å². The second-order valence-corrected chi connectivity index (χ2v) is 6.12. The first-order chi connectivity index (χ1) is 9.20. The fraction of sp³-hybridized carbons (Fsp3) is 0.846. The van der Waals surface area contributed by atoms with Crippen LogP contribution < -0.4 is 4.90 Å². The zero-order valence-electron chi connectivity index (χ0n) is 11.8. The van der Waals surface area contributed by atoms with E-state index in [0.29, 0.717) is 12.1 Å². The summed E-state index contributed by atoms with van der Waals surface area (Å²) in [7, 11) is 2.13. The lowest BCUT2D eigenvalue weighted by atomic mass is 10.2. The molecule has 2 aliphatic rings. The predicted octanol–water partition coefficient (Wildman–Crippen LogP) is 2.20. The van der Waals surface area contributed by atoms with Gasteiger partial charge >= 0.3 is 0 Å². The molecule has 106 valence electrons. The number of hydrogen-bond acceptors (Lipinski definition) is 4. The van der Waals surface area contributed by atoms with Gasteiger partial charge in [-0.3, -0.25) is 9.47 Å². The van der Waals surface area contributed by atoms with Crippen molar-refractivity contribution in [1.29, 1.82) is 0 Å². The number of nitrogens with zero attached hydrogens (tertiary/aromatic N) is 4. The van der Waals surface area contributed by atoms with E-state index in [4.69, 9.17) is 12.2 Å².